The van der Waals surface area contributed by atoms with Gasteiger partial charge in [0.05, 0.1) is 19.6 Å². The number of aliphatic hydroxyl groups is 10. The van der Waals surface area contributed by atoms with Crippen molar-refractivity contribution in [3.05, 3.63) is 0 Å². The first-order valence-corrected chi connectivity index (χ1v) is 8.96. The number of hydrogen-bond acceptors (Lipinski definition) is 15. The molecule has 0 aliphatic heterocycles. The Kier molecular flexibility index (Phi) is 27.4. The Balaban J connectivity index is -0.000000198. The molecule has 0 unspecified atom stereocenters. The van der Waals surface area contributed by atoms with Crippen LogP contribution in [0.3, 0.4) is 0 Å². The van der Waals surface area contributed by atoms with Crippen molar-refractivity contribution < 1.29 is 75.3 Å². The average Bonchev–Trinajstić information content (AvgIpc) is 2.79. The first-order chi connectivity index (χ1) is 15.1. The molecule has 8 atom stereocenters. The van der Waals surface area contributed by atoms with Gasteiger partial charge in [-0.1, -0.05) is 0 Å². The number of aliphatic hydroxyl groups excluding tert-OH is 10. The minimum absolute atomic E-state index is 0. The van der Waals surface area contributed by atoms with Crippen LogP contribution in [0, 0.1) is 0 Å². The molecule has 15 N–H and O–H groups in total. The summed E-state index contributed by atoms with van der Waals surface area (Å²) >= 11 is 0. The second-order valence-corrected chi connectivity index (χ2v) is 6.28. The van der Waals surface area contributed by atoms with Crippen molar-refractivity contribution in [2.45, 2.75) is 55.2 Å². The quantitative estimate of drug-likeness (QED) is 0.0772. The van der Waals surface area contributed by atoms with Crippen LogP contribution in [0.25, 0.3) is 0 Å². The van der Waals surface area contributed by atoms with Gasteiger partial charge in [-0.05, 0) is 0 Å². The van der Waals surface area contributed by atoms with Crippen molar-refractivity contribution in [3.8, 4) is 0 Å². The van der Waals surface area contributed by atoms with E-state index in [4.69, 9.17) is 61.9 Å². The molecule has 0 fully saturated rings. The number of primary amides is 1. The third-order valence-electron chi connectivity index (χ3n) is 3.55. The fraction of sp³-hybridized carbons (Fsp3) is 0.750. The Labute approximate surface area is 235 Å². The number of aldehydes is 1. The first kappa shape index (κ1) is 40.6. The third kappa shape index (κ3) is 18.8. The maximum atomic E-state index is 10.5. The molecule has 0 bridgehead atoms. The van der Waals surface area contributed by atoms with E-state index in [-0.39, 0.29) is 64.1 Å². The summed E-state index contributed by atoms with van der Waals surface area (Å²) in [5, 5.41) is 94.7. The molecule has 0 saturated carbocycles. The van der Waals surface area contributed by atoms with Crippen molar-refractivity contribution >= 4 is 75.3 Å². The molecule has 0 spiro atoms. The summed E-state index contributed by atoms with van der Waals surface area (Å²) in [6, 6.07) is -1.16. The number of aliphatic carboxylic acids is 1. The predicted octanol–water partition coefficient (Wildman–Crippen LogP) is -9.13. The zero-order valence-corrected chi connectivity index (χ0v) is 17.2. The summed E-state index contributed by atoms with van der Waals surface area (Å²) in [7, 11) is 0. The van der Waals surface area contributed by atoms with E-state index in [0.29, 0.717) is 0 Å². The van der Waals surface area contributed by atoms with Gasteiger partial charge in [0.1, 0.15) is 55.4 Å². The number of hydrogen-bond donors (Lipinski definition) is 13. The summed E-state index contributed by atoms with van der Waals surface area (Å²) in [5.74, 6) is -2.92. The number of Topliss-reactive ketones (excluding diaryl/α,β-unsaturated/α-hetero) is 1. The van der Waals surface area contributed by atoms with Gasteiger partial charge < -0.3 is 72.4 Å². The van der Waals surface area contributed by atoms with E-state index in [0.717, 1.165) is 0 Å². The van der Waals surface area contributed by atoms with Crippen LogP contribution in [0.4, 0.5) is 0 Å². The second-order valence-electron chi connectivity index (χ2n) is 6.28. The number of ketones is 1. The van der Waals surface area contributed by atoms with Crippen molar-refractivity contribution in [3.63, 3.8) is 0 Å². The Morgan fingerprint density at radius 2 is 1.21 bits per heavy atom. The average molecular weight is 533 g/mol. The van der Waals surface area contributed by atoms with E-state index in [9.17, 15) is 19.2 Å². The Morgan fingerprint density at radius 3 is 1.47 bits per heavy atom. The topological polar surface area (TPSA) is 343 Å². The monoisotopic (exact) mass is 532 g/mol. The number of nitrogens with two attached hydrogens (primary N) is 2. The van der Waals surface area contributed by atoms with Gasteiger partial charge in [-0.2, -0.15) is 0 Å². The van der Waals surface area contributed by atoms with Crippen LogP contribution in [0.5, 0.6) is 0 Å². The standard InChI is InChI=1S/2C6H12O6.C4H8N2O3.K.H/c2*7-1-3(9)5(11)6(12)4(10)2-8;5-2(4(8)9)1-3(6)7;;/h3,5-9,11-12H,1-2H2;1,3-6,8-12H,2H2;2H,1,5H2,(H2,6,7)(H,8,9);;/t3-,5-,6-;3-,4+,5+,6+;2-;;/m100../s1. The molecule has 198 valence electrons. The molecule has 0 saturated heterocycles. The molecule has 1 amide bonds. The van der Waals surface area contributed by atoms with Gasteiger partial charge in [0.2, 0.25) is 5.91 Å². The zero-order valence-electron chi connectivity index (χ0n) is 17.2. The summed E-state index contributed by atoms with van der Waals surface area (Å²) in [5.41, 5.74) is 9.57. The molecular weight excluding hydrogens is 499 g/mol. The molecular formula is C16H33KN2O15. The van der Waals surface area contributed by atoms with Crippen molar-refractivity contribution in [2.75, 3.05) is 19.8 Å². The summed E-state index contributed by atoms with van der Waals surface area (Å²) in [6.07, 6.45) is -12.4. The fourth-order valence-electron chi connectivity index (χ4n) is 1.52. The zero-order chi connectivity index (χ0) is 26.9. The van der Waals surface area contributed by atoms with E-state index in [1.54, 1.807) is 0 Å². The fourth-order valence-corrected chi connectivity index (χ4v) is 1.52. The Morgan fingerprint density at radius 1 is 0.794 bits per heavy atom. The summed E-state index contributed by atoms with van der Waals surface area (Å²) < 4.78 is 0. The van der Waals surface area contributed by atoms with Gasteiger partial charge >= 0.3 is 57.4 Å². The molecule has 18 heteroatoms. The molecule has 0 aromatic rings. The van der Waals surface area contributed by atoms with Crippen molar-refractivity contribution in [1.29, 1.82) is 0 Å². The molecule has 0 aromatic heterocycles. The van der Waals surface area contributed by atoms with E-state index < -0.39 is 86.2 Å². The van der Waals surface area contributed by atoms with E-state index in [1.807, 2.05) is 0 Å². The minimum atomic E-state index is -1.86. The normalized spacial score (nSPS) is 17.3. The van der Waals surface area contributed by atoms with Crippen LogP contribution in [-0.2, 0) is 19.2 Å². The molecule has 0 aliphatic carbocycles. The molecule has 0 heterocycles. The summed E-state index contributed by atoms with van der Waals surface area (Å²) in [6.45, 7) is -2.45. The predicted molar refractivity (Wildman–Crippen MR) is 111 cm³/mol. The van der Waals surface area contributed by atoms with Crippen molar-refractivity contribution in [1.82, 2.24) is 0 Å². The Hall–Kier alpha value is -0.524. The van der Waals surface area contributed by atoms with Gasteiger partial charge in [0, 0.05) is 0 Å². The molecule has 17 nitrogen and oxygen atoms in total. The third-order valence-corrected chi connectivity index (χ3v) is 3.55. The van der Waals surface area contributed by atoms with Crippen molar-refractivity contribution in [2.24, 2.45) is 11.5 Å². The van der Waals surface area contributed by atoms with Gasteiger partial charge in [-0.15, -0.1) is 0 Å². The molecule has 34 heavy (non-hydrogen) atoms. The second kappa shape index (κ2) is 22.9. The van der Waals surface area contributed by atoms with E-state index in [2.05, 4.69) is 5.73 Å². The van der Waals surface area contributed by atoms with Crippen LogP contribution < -0.4 is 11.5 Å². The van der Waals surface area contributed by atoms with Crippen LogP contribution in [0.1, 0.15) is 6.42 Å². The summed E-state index contributed by atoms with van der Waals surface area (Å²) in [4.78, 5) is 40.3. The SMILES string of the molecule is NC(=O)C[C@H](N)C(=O)O.O=C(CO)[C@@H](O)[C@H](O)[C@H](O)CO.O=C[C@H](O)[C@@H](O)[C@H](O)[C@H](O)CO.[KH]. The number of carboxylic acids is 1. The van der Waals surface area contributed by atoms with Gasteiger partial charge in [0.15, 0.2) is 12.1 Å². The van der Waals surface area contributed by atoms with Crippen LogP contribution in [-0.4, -0.2) is 200 Å². The Bertz CT molecular complexity index is 585. The maximum absolute atomic E-state index is 10.5. The number of amides is 1. The molecule has 0 aliphatic rings. The number of carbonyl (C=O) groups excluding carboxylic acids is 3. The number of carboxylic acid groups (broad SMARTS) is 1. The molecule has 0 aromatic carbocycles. The van der Waals surface area contributed by atoms with E-state index in [1.165, 1.54) is 0 Å². The van der Waals surface area contributed by atoms with E-state index >= 15 is 0 Å². The van der Waals surface area contributed by atoms with Gasteiger partial charge in [-0.3, -0.25) is 14.4 Å². The van der Waals surface area contributed by atoms with Crippen LogP contribution in [0.2, 0.25) is 0 Å². The van der Waals surface area contributed by atoms with Crippen LogP contribution >= 0.6 is 0 Å². The molecule has 0 radical (unpaired) electrons. The van der Waals surface area contributed by atoms with Gasteiger partial charge in [0.25, 0.3) is 0 Å². The molecule has 0 rings (SSSR count). The number of carbonyl (C=O) groups is 4. The number of rotatable bonds is 13. The van der Waals surface area contributed by atoms with Crippen LogP contribution in [0.15, 0.2) is 0 Å². The first-order valence-electron chi connectivity index (χ1n) is 8.96. The van der Waals surface area contributed by atoms with Gasteiger partial charge in [-0.25, -0.2) is 0 Å².